The summed E-state index contributed by atoms with van der Waals surface area (Å²) in [5.41, 5.74) is -0.536. The Labute approximate surface area is 107 Å². The zero-order valence-electron chi connectivity index (χ0n) is 9.92. The summed E-state index contributed by atoms with van der Waals surface area (Å²) in [5, 5.41) is 2.41. The third-order valence-corrected chi connectivity index (χ3v) is 2.74. The second-order valence-corrected chi connectivity index (χ2v) is 4.04. The van der Waals surface area contributed by atoms with Crippen molar-refractivity contribution in [2.45, 2.75) is 12.5 Å². The summed E-state index contributed by atoms with van der Waals surface area (Å²) in [6.07, 6.45) is 0.367. The first-order valence-electron chi connectivity index (χ1n) is 5.70. The van der Waals surface area contributed by atoms with Crippen LogP contribution in [0.15, 0.2) is 12.1 Å². The summed E-state index contributed by atoms with van der Waals surface area (Å²) in [5.74, 6) is -5.30. The number of halogens is 3. The van der Waals surface area contributed by atoms with Crippen molar-refractivity contribution in [2.75, 3.05) is 19.9 Å². The summed E-state index contributed by atoms with van der Waals surface area (Å²) in [6.45, 7) is 0.806. The fraction of sp³-hybridized carbons (Fsp3) is 0.417. The van der Waals surface area contributed by atoms with Gasteiger partial charge in [0.1, 0.15) is 6.79 Å². The van der Waals surface area contributed by atoms with Crippen molar-refractivity contribution in [1.29, 1.82) is 0 Å². The second kappa shape index (κ2) is 6.03. The van der Waals surface area contributed by atoms with E-state index >= 15 is 0 Å². The smallest absolute Gasteiger partial charge is 0.254 e. The molecule has 0 aliphatic carbocycles. The molecule has 0 saturated carbocycles. The minimum Gasteiger partial charge on any atom is -0.355 e. The van der Waals surface area contributed by atoms with Crippen LogP contribution in [0.1, 0.15) is 16.8 Å². The Balaban J connectivity index is 1.98. The lowest BCUT2D eigenvalue weighted by Crippen LogP contribution is -2.37. The highest BCUT2D eigenvalue weighted by molar-refractivity contribution is 5.94. The molecule has 1 fully saturated rings. The molecule has 0 aromatic heterocycles. The monoisotopic (exact) mass is 275 g/mol. The minimum atomic E-state index is -1.66. The molecule has 1 aromatic carbocycles. The average molecular weight is 275 g/mol. The molecule has 4 nitrogen and oxygen atoms in total. The molecule has 1 aromatic rings. The molecule has 1 N–H and O–H groups in total. The topological polar surface area (TPSA) is 47.6 Å². The lowest BCUT2D eigenvalue weighted by Gasteiger charge is -2.22. The van der Waals surface area contributed by atoms with Crippen molar-refractivity contribution in [3.8, 4) is 0 Å². The van der Waals surface area contributed by atoms with Gasteiger partial charge < -0.3 is 14.8 Å². The molecule has 1 saturated heterocycles. The second-order valence-electron chi connectivity index (χ2n) is 4.04. The zero-order chi connectivity index (χ0) is 13.8. The molecular formula is C12H12F3NO3. The first-order chi connectivity index (χ1) is 9.09. The summed E-state index contributed by atoms with van der Waals surface area (Å²) in [4.78, 5) is 11.6. The van der Waals surface area contributed by atoms with Crippen molar-refractivity contribution in [3.63, 3.8) is 0 Å². The predicted octanol–water partition coefficient (Wildman–Crippen LogP) is 1.60. The maximum absolute atomic E-state index is 13.4. The maximum atomic E-state index is 13.4. The first kappa shape index (κ1) is 13.8. The van der Waals surface area contributed by atoms with Crippen molar-refractivity contribution in [3.05, 3.63) is 35.1 Å². The highest BCUT2D eigenvalue weighted by atomic mass is 19.2. The fourth-order valence-electron chi connectivity index (χ4n) is 1.67. The normalized spacial score (nSPS) is 19.2. The van der Waals surface area contributed by atoms with E-state index in [2.05, 4.69) is 5.32 Å². The van der Waals surface area contributed by atoms with Gasteiger partial charge in [-0.25, -0.2) is 13.2 Å². The SMILES string of the molecule is O=C(NCC1CCOCO1)c1ccc(F)c(F)c1F. The third kappa shape index (κ3) is 3.24. The van der Waals surface area contributed by atoms with Crippen molar-refractivity contribution in [1.82, 2.24) is 5.32 Å². The molecule has 1 aliphatic rings. The van der Waals surface area contributed by atoms with Crippen molar-refractivity contribution < 1.29 is 27.4 Å². The zero-order valence-corrected chi connectivity index (χ0v) is 9.92. The summed E-state index contributed by atoms with van der Waals surface area (Å²) < 4.78 is 49.2. The quantitative estimate of drug-likeness (QED) is 0.852. The Morgan fingerprint density at radius 1 is 1.32 bits per heavy atom. The van der Waals surface area contributed by atoms with Gasteiger partial charge in [-0.2, -0.15) is 0 Å². The maximum Gasteiger partial charge on any atom is 0.254 e. The molecule has 1 unspecified atom stereocenters. The van der Waals surface area contributed by atoms with Gasteiger partial charge >= 0.3 is 0 Å². The molecule has 1 atom stereocenters. The standard InChI is InChI=1S/C12H12F3NO3/c13-9-2-1-8(10(14)11(9)15)12(17)16-5-7-3-4-18-6-19-7/h1-2,7H,3-6H2,(H,16,17). The lowest BCUT2D eigenvalue weighted by atomic mass is 10.1. The Kier molecular flexibility index (Phi) is 4.39. The number of amides is 1. The minimum absolute atomic E-state index is 0.139. The summed E-state index contributed by atoms with van der Waals surface area (Å²) in [7, 11) is 0. The van der Waals surface area contributed by atoms with E-state index in [0.717, 1.165) is 6.07 Å². The van der Waals surface area contributed by atoms with Crippen LogP contribution in [0.25, 0.3) is 0 Å². The molecule has 7 heteroatoms. The highest BCUT2D eigenvalue weighted by Crippen LogP contribution is 2.15. The number of hydrogen-bond acceptors (Lipinski definition) is 3. The Morgan fingerprint density at radius 2 is 2.11 bits per heavy atom. The van der Waals surface area contributed by atoms with Gasteiger partial charge in [-0.1, -0.05) is 0 Å². The molecule has 0 radical (unpaired) electrons. The molecule has 1 heterocycles. The third-order valence-electron chi connectivity index (χ3n) is 2.74. The van der Waals surface area contributed by atoms with Crippen LogP contribution >= 0.6 is 0 Å². The molecule has 104 valence electrons. The number of carbonyl (C=O) groups is 1. The van der Waals surface area contributed by atoms with Gasteiger partial charge in [0.15, 0.2) is 17.5 Å². The van der Waals surface area contributed by atoms with E-state index in [1.807, 2.05) is 0 Å². The molecule has 0 spiro atoms. The lowest BCUT2D eigenvalue weighted by molar-refractivity contribution is -0.136. The van der Waals surface area contributed by atoms with Crippen LogP contribution in [0.2, 0.25) is 0 Å². The molecule has 19 heavy (non-hydrogen) atoms. The van der Waals surface area contributed by atoms with Crippen LogP contribution in [0.5, 0.6) is 0 Å². The fourth-order valence-corrected chi connectivity index (χ4v) is 1.67. The number of nitrogens with one attached hydrogen (secondary N) is 1. The number of benzene rings is 1. The van der Waals surface area contributed by atoms with Gasteiger partial charge in [-0.15, -0.1) is 0 Å². The van der Waals surface area contributed by atoms with E-state index in [1.165, 1.54) is 0 Å². The van der Waals surface area contributed by atoms with Crippen LogP contribution in [0.4, 0.5) is 13.2 Å². The highest BCUT2D eigenvalue weighted by Gasteiger charge is 2.20. The number of hydrogen-bond donors (Lipinski definition) is 1. The molecule has 2 rings (SSSR count). The summed E-state index contributed by atoms with van der Waals surface area (Å²) >= 11 is 0. The van der Waals surface area contributed by atoms with E-state index in [-0.39, 0.29) is 19.4 Å². The predicted molar refractivity (Wildman–Crippen MR) is 59.0 cm³/mol. The Morgan fingerprint density at radius 3 is 2.79 bits per heavy atom. The molecule has 1 aliphatic heterocycles. The number of carbonyl (C=O) groups excluding carboxylic acids is 1. The van der Waals surface area contributed by atoms with Crippen LogP contribution in [-0.2, 0) is 9.47 Å². The van der Waals surface area contributed by atoms with E-state index in [4.69, 9.17) is 9.47 Å². The van der Waals surface area contributed by atoms with E-state index < -0.39 is 28.9 Å². The molecule has 1 amide bonds. The van der Waals surface area contributed by atoms with Crippen LogP contribution in [0, 0.1) is 17.5 Å². The van der Waals surface area contributed by atoms with Gasteiger partial charge in [-0.05, 0) is 18.6 Å². The average Bonchev–Trinajstić information content (AvgIpc) is 2.43. The van der Waals surface area contributed by atoms with Crippen LogP contribution in [0.3, 0.4) is 0 Å². The van der Waals surface area contributed by atoms with Crippen LogP contribution < -0.4 is 5.32 Å². The van der Waals surface area contributed by atoms with E-state index in [1.54, 1.807) is 0 Å². The number of rotatable bonds is 3. The van der Waals surface area contributed by atoms with Gasteiger partial charge in [-0.3, -0.25) is 4.79 Å². The molecule has 0 bridgehead atoms. The van der Waals surface area contributed by atoms with E-state index in [9.17, 15) is 18.0 Å². The van der Waals surface area contributed by atoms with E-state index in [0.29, 0.717) is 19.1 Å². The Hall–Kier alpha value is -1.60. The first-order valence-corrected chi connectivity index (χ1v) is 5.70. The summed E-state index contributed by atoms with van der Waals surface area (Å²) in [6, 6.07) is 1.60. The van der Waals surface area contributed by atoms with Gasteiger partial charge in [0.05, 0.1) is 18.3 Å². The van der Waals surface area contributed by atoms with Gasteiger partial charge in [0.2, 0.25) is 0 Å². The van der Waals surface area contributed by atoms with Gasteiger partial charge in [0, 0.05) is 6.54 Å². The van der Waals surface area contributed by atoms with Crippen LogP contribution in [-0.4, -0.2) is 32.0 Å². The number of ether oxygens (including phenoxy) is 2. The Bertz CT molecular complexity index is 476. The van der Waals surface area contributed by atoms with Crippen molar-refractivity contribution >= 4 is 5.91 Å². The van der Waals surface area contributed by atoms with Crippen molar-refractivity contribution in [2.24, 2.45) is 0 Å². The molecular weight excluding hydrogens is 263 g/mol. The largest absolute Gasteiger partial charge is 0.355 e. The van der Waals surface area contributed by atoms with Gasteiger partial charge in [0.25, 0.3) is 5.91 Å².